The van der Waals surface area contributed by atoms with Crippen LogP contribution in [0.15, 0.2) is 33.7 Å². The zero-order chi connectivity index (χ0) is 17.0. The third-order valence-electron chi connectivity index (χ3n) is 3.79. The van der Waals surface area contributed by atoms with E-state index in [9.17, 15) is 9.00 Å². The molecule has 2 aromatic rings. The number of nitrogens with one attached hydrogen (secondary N) is 1. The molecule has 1 amide bonds. The largest absolute Gasteiger partial charge is 0.361 e. The summed E-state index contributed by atoms with van der Waals surface area (Å²) in [4.78, 5) is 13.0. The molecule has 124 valence electrons. The van der Waals surface area contributed by atoms with E-state index < -0.39 is 10.8 Å². The Labute approximate surface area is 138 Å². The van der Waals surface area contributed by atoms with Gasteiger partial charge in [0.2, 0.25) is 0 Å². The molecular weight excluding hydrogens is 312 g/mol. The van der Waals surface area contributed by atoms with Crippen molar-refractivity contribution in [3.8, 4) is 0 Å². The fraction of sp³-hybridized carbons (Fsp3) is 0.412. The third kappa shape index (κ3) is 3.88. The maximum Gasteiger partial charge on any atom is 0.252 e. The molecule has 2 rings (SSSR count). The highest BCUT2D eigenvalue weighted by Crippen LogP contribution is 2.22. The number of carbonyl (C=O) groups excluding carboxylic acids is 1. The molecule has 1 N–H and O–H groups in total. The molecular formula is C17H22N2O3S. The lowest BCUT2D eigenvalue weighted by atomic mass is 9.99. The summed E-state index contributed by atoms with van der Waals surface area (Å²) in [5.41, 5.74) is 2.34. The van der Waals surface area contributed by atoms with Crippen molar-refractivity contribution in [2.45, 2.75) is 38.5 Å². The molecule has 1 aromatic carbocycles. The number of aryl methyl sites for hydroxylation is 2. The van der Waals surface area contributed by atoms with Crippen molar-refractivity contribution in [1.82, 2.24) is 10.5 Å². The van der Waals surface area contributed by atoms with Gasteiger partial charge in [-0.1, -0.05) is 31.1 Å². The summed E-state index contributed by atoms with van der Waals surface area (Å²) in [6.45, 7) is 8.08. The molecule has 2 atom stereocenters. The molecule has 0 radical (unpaired) electrons. The number of amides is 1. The fourth-order valence-corrected chi connectivity index (χ4v) is 3.59. The molecule has 0 aliphatic carbocycles. The van der Waals surface area contributed by atoms with E-state index in [-0.39, 0.29) is 11.8 Å². The van der Waals surface area contributed by atoms with Crippen LogP contribution < -0.4 is 5.32 Å². The highest BCUT2D eigenvalue weighted by molar-refractivity contribution is 7.85. The van der Waals surface area contributed by atoms with Gasteiger partial charge in [0.1, 0.15) is 5.76 Å². The van der Waals surface area contributed by atoms with Crippen molar-refractivity contribution >= 4 is 16.7 Å². The van der Waals surface area contributed by atoms with E-state index >= 15 is 0 Å². The summed E-state index contributed by atoms with van der Waals surface area (Å²) >= 11 is 0. The predicted molar refractivity (Wildman–Crippen MR) is 90.1 cm³/mol. The van der Waals surface area contributed by atoms with Gasteiger partial charge in [-0.15, -0.1) is 0 Å². The van der Waals surface area contributed by atoms with Gasteiger partial charge in [-0.3, -0.25) is 9.00 Å². The van der Waals surface area contributed by atoms with Gasteiger partial charge in [-0.2, -0.15) is 0 Å². The second kappa shape index (κ2) is 7.55. The highest BCUT2D eigenvalue weighted by Gasteiger charge is 2.19. The molecule has 0 unspecified atom stereocenters. The maximum absolute atomic E-state index is 12.4. The van der Waals surface area contributed by atoms with Gasteiger partial charge in [0.25, 0.3) is 5.91 Å². The van der Waals surface area contributed by atoms with Crippen molar-refractivity contribution < 1.29 is 13.5 Å². The van der Waals surface area contributed by atoms with Crippen molar-refractivity contribution in [3.63, 3.8) is 0 Å². The van der Waals surface area contributed by atoms with E-state index in [1.807, 2.05) is 27.7 Å². The SMILES string of the molecule is CC[S@@](=O)c1ccccc1C(=O)NC[C@H](C)c1c(C)noc1C. The van der Waals surface area contributed by atoms with Gasteiger partial charge in [0, 0.05) is 23.8 Å². The first-order valence-electron chi connectivity index (χ1n) is 7.64. The van der Waals surface area contributed by atoms with Gasteiger partial charge in [0.15, 0.2) is 0 Å². The van der Waals surface area contributed by atoms with E-state index in [1.54, 1.807) is 24.3 Å². The molecule has 0 fully saturated rings. The number of nitrogens with zero attached hydrogens (tertiary/aromatic N) is 1. The van der Waals surface area contributed by atoms with Crippen LogP contribution in [-0.4, -0.2) is 27.6 Å². The molecule has 0 bridgehead atoms. The van der Waals surface area contributed by atoms with Crippen molar-refractivity contribution in [3.05, 3.63) is 46.8 Å². The second-order valence-electron chi connectivity index (χ2n) is 5.48. The molecule has 0 saturated carbocycles. The first-order chi connectivity index (χ1) is 11.0. The van der Waals surface area contributed by atoms with E-state index in [2.05, 4.69) is 10.5 Å². The molecule has 23 heavy (non-hydrogen) atoms. The average Bonchev–Trinajstić information content (AvgIpc) is 2.90. The third-order valence-corrected chi connectivity index (χ3v) is 5.16. The van der Waals surface area contributed by atoms with Crippen LogP contribution in [-0.2, 0) is 10.8 Å². The Morgan fingerprint density at radius 2 is 2.04 bits per heavy atom. The minimum absolute atomic E-state index is 0.0917. The monoisotopic (exact) mass is 334 g/mol. The molecule has 0 aliphatic heterocycles. The summed E-state index contributed by atoms with van der Waals surface area (Å²) in [7, 11) is -1.16. The molecule has 6 heteroatoms. The van der Waals surface area contributed by atoms with Crippen molar-refractivity contribution in [2.24, 2.45) is 0 Å². The van der Waals surface area contributed by atoms with Crippen LogP contribution in [0.4, 0.5) is 0 Å². The minimum Gasteiger partial charge on any atom is -0.361 e. The summed E-state index contributed by atoms with van der Waals surface area (Å²) < 4.78 is 17.2. The zero-order valence-corrected chi connectivity index (χ0v) is 14.7. The van der Waals surface area contributed by atoms with Crippen LogP contribution in [0.25, 0.3) is 0 Å². The number of aromatic nitrogens is 1. The number of carbonyl (C=O) groups is 1. The molecule has 1 heterocycles. The van der Waals surface area contributed by atoms with Gasteiger partial charge in [-0.05, 0) is 26.0 Å². The van der Waals surface area contributed by atoms with E-state index in [1.165, 1.54) is 0 Å². The Hall–Kier alpha value is -1.95. The summed E-state index contributed by atoms with van der Waals surface area (Å²) in [5.74, 6) is 1.14. The normalized spacial score (nSPS) is 13.6. The van der Waals surface area contributed by atoms with E-state index in [0.717, 1.165) is 17.0 Å². The van der Waals surface area contributed by atoms with Gasteiger partial charge in [-0.25, -0.2) is 0 Å². The first kappa shape index (κ1) is 17.4. The minimum atomic E-state index is -1.16. The number of hydrogen-bond donors (Lipinski definition) is 1. The topological polar surface area (TPSA) is 72.2 Å². The fourth-order valence-electron chi connectivity index (χ4n) is 2.64. The van der Waals surface area contributed by atoms with Gasteiger partial charge >= 0.3 is 0 Å². The standard InChI is InChI=1S/C17H22N2O3S/c1-5-23(21)15-9-7-6-8-14(15)17(20)18-10-11(2)16-12(3)19-22-13(16)4/h6-9,11H,5,10H2,1-4H3,(H,18,20)/t11-,23+/m0/s1. The summed E-state index contributed by atoms with van der Waals surface area (Å²) in [6.07, 6.45) is 0. The lowest BCUT2D eigenvalue weighted by Crippen LogP contribution is -2.28. The Balaban J connectivity index is 2.10. The second-order valence-corrected chi connectivity index (χ2v) is 7.19. The average molecular weight is 334 g/mol. The van der Waals surface area contributed by atoms with Crippen LogP contribution in [0.3, 0.4) is 0 Å². The Bertz CT molecular complexity index is 705. The van der Waals surface area contributed by atoms with E-state index in [0.29, 0.717) is 22.8 Å². The van der Waals surface area contributed by atoms with Crippen LogP contribution in [0.5, 0.6) is 0 Å². The smallest absolute Gasteiger partial charge is 0.252 e. The number of rotatable bonds is 6. The maximum atomic E-state index is 12.4. The Kier molecular flexibility index (Phi) is 5.71. The summed E-state index contributed by atoms with van der Waals surface area (Å²) in [5, 5.41) is 6.86. The zero-order valence-electron chi connectivity index (χ0n) is 13.9. The quantitative estimate of drug-likeness (QED) is 0.881. The predicted octanol–water partition coefficient (Wildman–Crippen LogP) is 2.95. The molecule has 0 aliphatic rings. The Morgan fingerprint density at radius 1 is 1.35 bits per heavy atom. The lowest BCUT2D eigenvalue weighted by molar-refractivity contribution is 0.0948. The molecule has 1 aromatic heterocycles. The lowest BCUT2D eigenvalue weighted by Gasteiger charge is -2.14. The van der Waals surface area contributed by atoms with E-state index in [4.69, 9.17) is 4.52 Å². The first-order valence-corrected chi connectivity index (χ1v) is 8.96. The van der Waals surface area contributed by atoms with Crippen LogP contribution >= 0.6 is 0 Å². The van der Waals surface area contributed by atoms with Crippen molar-refractivity contribution in [2.75, 3.05) is 12.3 Å². The summed E-state index contributed by atoms with van der Waals surface area (Å²) in [6, 6.07) is 7.03. The van der Waals surface area contributed by atoms with Crippen molar-refractivity contribution in [1.29, 1.82) is 0 Å². The number of benzene rings is 1. The van der Waals surface area contributed by atoms with Gasteiger partial charge in [0.05, 0.1) is 27.0 Å². The Morgan fingerprint density at radius 3 is 2.65 bits per heavy atom. The van der Waals surface area contributed by atoms with Crippen LogP contribution in [0, 0.1) is 13.8 Å². The van der Waals surface area contributed by atoms with Crippen LogP contribution in [0.1, 0.15) is 47.1 Å². The molecule has 0 spiro atoms. The molecule has 0 saturated heterocycles. The van der Waals surface area contributed by atoms with Gasteiger partial charge < -0.3 is 9.84 Å². The molecule has 5 nitrogen and oxygen atoms in total. The van der Waals surface area contributed by atoms with Crippen LogP contribution in [0.2, 0.25) is 0 Å². The highest BCUT2D eigenvalue weighted by atomic mass is 32.2. The number of hydrogen-bond acceptors (Lipinski definition) is 4.